The minimum absolute atomic E-state index is 0.143. The van der Waals surface area contributed by atoms with Crippen LogP contribution in [-0.2, 0) is 0 Å². The molecule has 1 amide bonds. The maximum atomic E-state index is 12.2. The number of carbonyl (C=O) groups is 1. The van der Waals surface area contributed by atoms with Gasteiger partial charge >= 0.3 is 0 Å². The van der Waals surface area contributed by atoms with Gasteiger partial charge in [-0.25, -0.2) is 0 Å². The van der Waals surface area contributed by atoms with Crippen LogP contribution in [0.5, 0.6) is 0 Å². The zero-order valence-electron chi connectivity index (χ0n) is 10.4. The van der Waals surface area contributed by atoms with Crippen LogP contribution in [0.2, 0.25) is 0 Å². The van der Waals surface area contributed by atoms with Gasteiger partial charge in [-0.3, -0.25) is 9.78 Å². The van der Waals surface area contributed by atoms with Gasteiger partial charge in [-0.2, -0.15) is 0 Å². The van der Waals surface area contributed by atoms with Gasteiger partial charge < -0.3 is 10.6 Å². The van der Waals surface area contributed by atoms with Gasteiger partial charge in [-0.1, -0.05) is 11.6 Å². The van der Waals surface area contributed by atoms with E-state index in [2.05, 4.69) is 15.6 Å². The van der Waals surface area contributed by atoms with Crippen molar-refractivity contribution in [2.75, 3.05) is 17.7 Å². The van der Waals surface area contributed by atoms with Crippen molar-refractivity contribution in [3.05, 3.63) is 53.9 Å². The Balaban J connectivity index is 2.26. The molecule has 0 aliphatic heterocycles. The lowest BCUT2D eigenvalue weighted by atomic mass is 10.1. The molecule has 1 aromatic carbocycles. The number of benzene rings is 1. The number of rotatable bonds is 3. The fourth-order valence-corrected chi connectivity index (χ4v) is 1.70. The first kappa shape index (κ1) is 12.1. The lowest BCUT2D eigenvalue weighted by Crippen LogP contribution is -2.14. The first-order chi connectivity index (χ1) is 8.70. The minimum atomic E-state index is -0.143. The lowest BCUT2D eigenvalue weighted by molar-refractivity contribution is 0.102. The first-order valence-corrected chi connectivity index (χ1v) is 5.70. The average molecular weight is 241 g/mol. The number of nitrogens with zero attached hydrogens (tertiary/aromatic N) is 1. The van der Waals surface area contributed by atoms with Gasteiger partial charge in [0, 0.05) is 18.9 Å². The summed E-state index contributed by atoms with van der Waals surface area (Å²) in [7, 11) is 1.80. The lowest BCUT2D eigenvalue weighted by Gasteiger charge is -2.10. The van der Waals surface area contributed by atoms with Gasteiger partial charge in [0.25, 0.3) is 5.91 Å². The molecule has 0 spiro atoms. The number of hydrogen-bond donors (Lipinski definition) is 2. The second-order valence-corrected chi connectivity index (χ2v) is 3.99. The summed E-state index contributed by atoms with van der Waals surface area (Å²) in [5.74, 6) is -0.143. The molecule has 4 nitrogen and oxygen atoms in total. The molecule has 1 heterocycles. The summed E-state index contributed by atoms with van der Waals surface area (Å²) in [5, 5.41) is 5.83. The first-order valence-electron chi connectivity index (χ1n) is 5.70. The summed E-state index contributed by atoms with van der Waals surface area (Å²) in [4.78, 5) is 16.1. The molecule has 92 valence electrons. The van der Waals surface area contributed by atoms with Crippen molar-refractivity contribution in [1.82, 2.24) is 4.98 Å². The van der Waals surface area contributed by atoms with E-state index in [4.69, 9.17) is 0 Å². The number of aryl methyl sites for hydroxylation is 1. The zero-order chi connectivity index (χ0) is 13.0. The van der Waals surface area contributed by atoms with E-state index in [-0.39, 0.29) is 5.91 Å². The molecule has 2 aromatic rings. The van der Waals surface area contributed by atoms with Crippen LogP contribution in [0.15, 0.2) is 42.7 Å². The summed E-state index contributed by atoms with van der Waals surface area (Å²) in [6, 6.07) is 9.31. The van der Waals surface area contributed by atoms with E-state index in [1.54, 1.807) is 31.6 Å². The number of aromatic nitrogens is 1. The second kappa shape index (κ2) is 5.31. The summed E-state index contributed by atoms with van der Waals surface area (Å²) in [6.07, 6.45) is 3.29. The number of nitrogens with one attached hydrogen (secondary N) is 2. The Morgan fingerprint density at radius 3 is 2.78 bits per heavy atom. The molecule has 0 atom stereocenters. The molecule has 0 fully saturated rings. The summed E-state index contributed by atoms with van der Waals surface area (Å²) < 4.78 is 0. The van der Waals surface area contributed by atoms with Crippen LogP contribution < -0.4 is 10.6 Å². The van der Waals surface area contributed by atoms with E-state index >= 15 is 0 Å². The monoisotopic (exact) mass is 241 g/mol. The molecule has 0 radical (unpaired) electrons. The topological polar surface area (TPSA) is 54.0 Å². The Morgan fingerprint density at radius 2 is 2.11 bits per heavy atom. The highest BCUT2D eigenvalue weighted by atomic mass is 16.1. The van der Waals surface area contributed by atoms with E-state index < -0.39 is 0 Å². The van der Waals surface area contributed by atoms with Crippen molar-refractivity contribution in [2.45, 2.75) is 6.92 Å². The predicted molar refractivity (Wildman–Crippen MR) is 72.9 cm³/mol. The third-order valence-corrected chi connectivity index (χ3v) is 2.61. The van der Waals surface area contributed by atoms with E-state index in [1.165, 1.54) is 0 Å². The fourth-order valence-electron chi connectivity index (χ4n) is 1.70. The molecule has 18 heavy (non-hydrogen) atoms. The Labute approximate surface area is 106 Å². The van der Waals surface area contributed by atoms with Crippen molar-refractivity contribution in [3.8, 4) is 0 Å². The Morgan fingerprint density at radius 1 is 1.28 bits per heavy atom. The second-order valence-electron chi connectivity index (χ2n) is 3.99. The van der Waals surface area contributed by atoms with E-state index in [9.17, 15) is 4.79 Å². The van der Waals surface area contributed by atoms with Gasteiger partial charge in [0.05, 0.1) is 17.4 Å². The van der Waals surface area contributed by atoms with Crippen molar-refractivity contribution >= 4 is 17.3 Å². The Hall–Kier alpha value is -2.36. The molecular formula is C14H15N3O. The van der Waals surface area contributed by atoms with Gasteiger partial charge in [0.15, 0.2) is 0 Å². The van der Waals surface area contributed by atoms with Crippen LogP contribution in [0.25, 0.3) is 0 Å². The summed E-state index contributed by atoms with van der Waals surface area (Å²) in [5.41, 5.74) is 3.17. The van der Waals surface area contributed by atoms with Crippen LogP contribution in [-0.4, -0.2) is 17.9 Å². The molecule has 0 unspecified atom stereocenters. The quantitative estimate of drug-likeness (QED) is 0.868. The fraction of sp³-hybridized carbons (Fsp3) is 0.143. The summed E-state index contributed by atoms with van der Waals surface area (Å²) in [6.45, 7) is 1.96. The number of pyridine rings is 1. The maximum Gasteiger partial charge on any atom is 0.257 e. The largest absolute Gasteiger partial charge is 0.387 e. The minimum Gasteiger partial charge on any atom is -0.387 e. The zero-order valence-corrected chi connectivity index (χ0v) is 10.4. The Bertz CT molecular complexity index is 552. The average Bonchev–Trinajstić information content (AvgIpc) is 2.40. The number of hydrogen-bond acceptors (Lipinski definition) is 3. The van der Waals surface area contributed by atoms with Crippen LogP contribution >= 0.6 is 0 Å². The SMILES string of the molecule is CNc1ccc(C)cc1C(=O)Nc1cccnc1. The van der Waals surface area contributed by atoms with Crippen LogP contribution in [0.3, 0.4) is 0 Å². The van der Waals surface area contributed by atoms with E-state index in [1.807, 2.05) is 25.1 Å². The van der Waals surface area contributed by atoms with Gasteiger partial charge in [-0.15, -0.1) is 0 Å². The molecular weight excluding hydrogens is 226 g/mol. The normalized spacial score (nSPS) is 9.89. The van der Waals surface area contributed by atoms with E-state index in [0.717, 1.165) is 11.3 Å². The number of anilines is 2. The molecule has 2 rings (SSSR count). The van der Waals surface area contributed by atoms with Crippen molar-refractivity contribution in [1.29, 1.82) is 0 Å². The third kappa shape index (κ3) is 2.66. The molecule has 0 aliphatic rings. The summed E-state index contributed by atoms with van der Waals surface area (Å²) >= 11 is 0. The molecule has 0 bridgehead atoms. The highest BCUT2D eigenvalue weighted by Crippen LogP contribution is 2.18. The van der Waals surface area contributed by atoms with Crippen molar-refractivity contribution in [2.24, 2.45) is 0 Å². The maximum absolute atomic E-state index is 12.2. The van der Waals surface area contributed by atoms with Crippen molar-refractivity contribution in [3.63, 3.8) is 0 Å². The molecule has 0 saturated heterocycles. The van der Waals surface area contributed by atoms with E-state index in [0.29, 0.717) is 11.3 Å². The van der Waals surface area contributed by atoms with Gasteiger partial charge in [0.2, 0.25) is 0 Å². The van der Waals surface area contributed by atoms with Crippen LogP contribution in [0.1, 0.15) is 15.9 Å². The standard InChI is InChI=1S/C14H15N3O/c1-10-5-6-13(15-2)12(8-10)14(18)17-11-4-3-7-16-9-11/h3-9,15H,1-2H3,(H,17,18). The van der Waals surface area contributed by atoms with Crippen LogP contribution in [0.4, 0.5) is 11.4 Å². The van der Waals surface area contributed by atoms with Gasteiger partial charge in [0.1, 0.15) is 0 Å². The Kier molecular flexibility index (Phi) is 3.57. The van der Waals surface area contributed by atoms with Crippen molar-refractivity contribution < 1.29 is 4.79 Å². The number of carbonyl (C=O) groups excluding carboxylic acids is 1. The third-order valence-electron chi connectivity index (χ3n) is 2.61. The molecule has 0 aliphatic carbocycles. The molecule has 2 N–H and O–H groups in total. The molecule has 4 heteroatoms. The molecule has 1 aromatic heterocycles. The predicted octanol–water partition coefficient (Wildman–Crippen LogP) is 2.68. The van der Waals surface area contributed by atoms with Gasteiger partial charge in [-0.05, 0) is 31.2 Å². The molecule has 0 saturated carbocycles. The number of amides is 1. The smallest absolute Gasteiger partial charge is 0.257 e. The highest BCUT2D eigenvalue weighted by molar-refractivity contribution is 6.08. The highest BCUT2D eigenvalue weighted by Gasteiger charge is 2.11. The van der Waals surface area contributed by atoms with Crippen LogP contribution in [0, 0.1) is 6.92 Å².